The zero-order chi connectivity index (χ0) is 14.8. The summed E-state index contributed by atoms with van der Waals surface area (Å²) in [6, 6.07) is 12.2. The quantitative estimate of drug-likeness (QED) is 0.910. The van der Waals surface area contributed by atoms with Crippen molar-refractivity contribution in [2.24, 2.45) is 0 Å². The van der Waals surface area contributed by atoms with Crippen LogP contribution in [0.4, 0.5) is 0 Å². The molecule has 1 aliphatic rings. The van der Waals surface area contributed by atoms with Crippen LogP contribution in [0.15, 0.2) is 42.5 Å². The van der Waals surface area contributed by atoms with Crippen molar-refractivity contribution in [3.63, 3.8) is 0 Å². The largest absolute Gasteiger partial charge is 0.508 e. The lowest BCUT2D eigenvalue weighted by molar-refractivity contribution is -0.128. The van der Waals surface area contributed by atoms with Gasteiger partial charge in [-0.15, -0.1) is 0 Å². The maximum atomic E-state index is 11.7. The van der Waals surface area contributed by atoms with E-state index in [-0.39, 0.29) is 17.4 Å². The molecule has 3 rings (SSSR count). The normalized spacial score (nSPS) is 14.7. The first kappa shape index (κ1) is 13.5. The molecule has 0 spiro atoms. The Kier molecular flexibility index (Phi) is 3.52. The molecule has 0 saturated carbocycles. The topological polar surface area (TPSA) is 60.8 Å². The number of para-hydroxylation sites is 1. The number of benzene rings is 2. The van der Waals surface area contributed by atoms with Crippen molar-refractivity contribution in [1.82, 2.24) is 4.90 Å². The Morgan fingerprint density at radius 1 is 1.05 bits per heavy atom. The average molecular weight is 283 g/mol. The van der Waals surface area contributed by atoms with Crippen LogP contribution >= 0.6 is 0 Å². The number of phenols is 2. The average Bonchev–Trinajstić information content (AvgIpc) is 2.88. The molecule has 2 aromatic rings. The first-order valence-corrected chi connectivity index (χ1v) is 7.03. The monoisotopic (exact) mass is 283 g/mol. The van der Waals surface area contributed by atoms with E-state index < -0.39 is 0 Å². The summed E-state index contributed by atoms with van der Waals surface area (Å²) >= 11 is 0. The summed E-state index contributed by atoms with van der Waals surface area (Å²) in [5.41, 5.74) is 2.29. The van der Waals surface area contributed by atoms with Crippen molar-refractivity contribution in [3.05, 3.63) is 48.0 Å². The highest BCUT2D eigenvalue weighted by Gasteiger charge is 2.21. The van der Waals surface area contributed by atoms with Gasteiger partial charge < -0.3 is 15.1 Å². The van der Waals surface area contributed by atoms with Gasteiger partial charge in [-0.3, -0.25) is 4.79 Å². The fourth-order valence-corrected chi connectivity index (χ4v) is 2.67. The van der Waals surface area contributed by atoms with Gasteiger partial charge in [-0.25, -0.2) is 0 Å². The molecule has 0 atom stereocenters. The minimum atomic E-state index is 0.143. The van der Waals surface area contributed by atoms with Crippen molar-refractivity contribution in [3.8, 4) is 22.6 Å². The molecule has 1 aliphatic heterocycles. The summed E-state index contributed by atoms with van der Waals surface area (Å²) in [5, 5.41) is 19.8. The van der Waals surface area contributed by atoms with Crippen LogP contribution in [0, 0.1) is 0 Å². The van der Waals surface area contributed by atoms with E-state index in [1.807, 2.05) is 18.2 Å². The Bertz CT molecular complexity index is 664. The van der Waals surface area contributed by atoms with Crippen molar-refractivity contribution in [2.45, 2.75) is 19.4 Å². The van der Waals surface area contributed by atoms with Crippen LogP contribution in [-0.4, -0.2) is 27.6 Å². The summed E-state index contributed by atoms with van der Waals surface area (Å²) < 4.78 is 0. The van der Waals surface area contributed by atoms with Crippen LogP contribution in [0.5, 0.6) is 11.5 Å². The van der Waals surface area contributed by atoms with Crippen LogP contribution in [0.3, 0.4) is 0 Å². The molecular weight excluding hydrogens is 266 g/mol. The summed E-state index contributed by atoms with van der Waals surface area (Å²) in [6.07, 6.45) is 1.48. The zero-order valence-corrected chi connectivity index (χ0v) is 11.6. The second kappa shape index (κ2) is 5.48. The molecule has 0 aliphatic carbocycles. The molecule has 21 heavy (non-hydrogen) atoms. The summed E-state index contributed by atoms with van der Waals surface area (Å²) in [5.74, 6) is 0.532. The highest BCUT2D eigenvalue weighted by Crippen LogP contribution is 2.34. The van der Waals surface area contributed by atoms with Gasteiger partial charge in [0, 0.05) is 30.6 Å². The number of nitrogens with zero attached hydrogens (tertiary/aromatic N) is 1. The third-order valence-electron chi connectivity index (χ3n) is 3.83. The van der Waals surface area contributed by atoms with Crippen LogP contribution in [0.2, 0.25) is 0 Å². The van der Waals surface area contributed by atoms with E-state index in [1.54, 1.807) is 29.2 Å². The van der Waals surface area contributed by atoms with Crippen molar-refractivity contribution < 1.29 is 15.0 Å². The lowest BCUT2D eigenvalue weighted by atomic mass is 10.0. The van der Waals surface area contributed by atoms with Crippen molar-refractivity contribution >= 4 is 5.91 Å². The van der Waals surface area contributed by atoms with Gasteiger partial charge in [-0.1, -0.05) is 30.3 Å². The predicted molar refractivity (Wildman–Crippen MR) is 79.9 cm³/mol. The lowest BCUT2D eigenvalue weighted by Gasteiger charge is -2.17. The number of likely N-dealkylation sites (tertiary alicyclic amines) is 1. The Morgan fingerprint density at radius 2 is 1.81 bits per heavy atom. The molecule has 4 heteroatoms. The van der Waals surface area contributed by atoms with Gasteiger partial charge in [0.1, 0.15) is 11.5 Å². The standard InChI is InChI=1S/C17H17NO3/c19-14-8-6-12(7-9-14)15-4-1-3-13(17(15)21)11-18-10-2-5-16(18)20/h1,3-4,6-9,19,21H,2,5,10-11H2. The maximum Gasteiger partial charge on any atom is 0.222 e. The first-order chi connectivity index (χ1) is 10.1. The number of rotatable bonds is 3. The van der Waals surface area contributed by atoms with Crippen LogP contribution in [-0.2, 0) is 11.3 Å². The fraction of sp³-hybridized carbons (Fsp3) is 0.235. The number of carbonyl (C=O) groups is 1. The Balaban J connectivity index is 1.91. The predicted octanol–water partition coefficient (Wildman–Crippen LogP) is 2.89. The summed E-state index contributed by atoms with van der Waals surface area (Å²) in [7, 11) is 0. The van der Waals surface area contributed by atoms with Gasteiger partial charge in [-0.05, 0) is 24.1 Å². The van der Waals surface area contributed by atoms with E-state index in [2.05, 4.69) is 0 Å². The van der Waals surface area contributed by atoms with Crippen molar-refractivity contribution in [2.75, 3.05) is 6.54 Å². The second-order valence-corrected chi connectivity index (χ2v) is 5.28. The molecule has 0 unspecified atom stereocenters. The number of amides is 1. The van der Waals surface area contributed by atoms with Gasteiger partial charge >= 0.3 is 0 Å². The smallest absolute Gasteiger partial charge is 0.222 e. The SMILES string of the molecule is O=C1CCCN1Cc1cccc(-c2ccc(O)cc2)c1O. The molecule has 1 amide bonds. The summed E-state index contributed by atoms with van der Waals surface area (Å²) in [6.45, 7) is 1.19. The zero-order valence-electron chi connectivity index (χ0n) is 11.6. The molecule has 1 saturated heterocycles. The van der Waals surface area contributed by atoms with E-state index in [0.29, 0.717) is 18.5 Å². The van der Waals surface area contributed by atoms with E-state index in [0.717, 1.165) is 24.1 Å². The van der Waals surface area contributed by atoms with E-state index in [4.69, 9.17) is 0 Å². The molecule has 4 nitrogen and oxygen atoms in total. The van der Waals surface area contributed by atoms with Crippen molar-refractivity contribution in [1.29, 1.82) is 0 Å². The van der Waals surface area contributed by atoms with E-state index in [1.165, 1.54) is 0 Å². The highest BCUT2D eigenvalue weighted by molar-refractivity contribution is 5.78. The second-order valence-electron chi connectivity index (χ2n) is 5.28. The van der Waals surface area contributed by atoms with Gasteiger partial charge in [0.25, 0.3) is 0 Å². The molecule has 108 valence electrons. The Hall–Kier alpha value is -2.49. The first-order valence-electron chi connectivity index (χ1n) is 7.03. The molecule has 1 fully saturated rings. The third kappa shape index (κ3) is 2.70. The number of phenolic OH excluding ortho intramolecular Hbond substituents is 2. The molecule has 0 bridgehead atoms. The van der Waals surface area contributed by atoms with Crippen LogP contribution < -0.4 is 0 Å². The minimum absolute atomic E-state index is 0.143. The van der Waals surface area contributed by atoms with Gasteiger partial charge in [-0.2, -0.15) is 0 Å². The number of hydrogen-bond donors (Lipinski definition) is 2. The van der Waals surface area contributed by atoms with Crippen LogP contribution in [0.1, 0.15) is 18.4 Å². The molecule has 0 radical (unpaired) electrons. The molecule has 2 aromatic carbocycles. The van der Waals surface area contributed by atoms with E-state index in [9.17, 15) is 15.0 Å². The lowest BCUT2D eigenvalue weighted by Crippen LogP contribution is -2.23. The third-order valence-corrected chi connectivity index (χ3v) is 3.83. The van der Waals surface area contributed by atoms with Gasteiger partial charge in [0.05, 0.1) is 0 Å². The van der Waals surface area contributed by atoms with E-state index >= 15 is 0 Å². The fourth-order valence-electron chi connectivity index (χ4n) is 2.67. The number of hydrogen-bond acceptors (Lipinski definition) is 3. The number of aromatic hydroxyl groups is 2. The Morgan fingerprint density at radius 3 is 2.48 bits per heavy atom. The molecule has 2 N–H and O–H groups in total. The molecular formula is C17H17NO3. The highest BCUT2D eigenvalue weighted by atomic mass is 16.3. The molecule has 1 heterocycles. The van der Waals surface area contributed by atoms with Gasteiger partial charge in [0.15, 0.2) is 0 Å². The summed E-state index contributed by atoms with van der Waals surface area (Å²) in [4.78, 5) is 13.5. The minimum Gasteiger partial charge on any atom is -0.508 e. The van der Waals surface area contributed by atoms with Crippen LogP contribution in [0.25, 0.3) is 11.1 Å². The molecule has 0 aromatic heterocycles. The Labute approximate surface area is 123 Å². The van der Waals surface area contributed by atoms with Gasteiger partial charge in [0.2, 0.25) is 5.91 Å². The maximum absolute atomic E-state index is 11.7. The number of carbonyl (C=O) groups excluding carboxylic acids is 1.